The van der Waals surface area contributed by atoms with E-state index < -0.39 is 0 Å². The smallest absolute Gasteiger partial charge is 0.225 e. The molecule has 3 rings (SSSR count). The monoisotopic (exact) mass is 387 g/mol. The van der Waals surface area contributed by atoms with E-state index in [0.29, 0.717) is 44.1 Å². The zero-order chi connectivity index (χ0) is 20.1. The number of piperidine rings is 1. The van der Waals surface area contributed by atoms with Gasteiger partial charge < -0.3 is 14.7 Å². The molecule has 1 aliphatic rings. The minimum atomic E-state index is -0.00969. The van der Waals surface area contributed by atoms with Gasteiger partial charge in [-0.25, -0.2) is 0 Å². The van der Waals surface area contributed by atoms with Gasteiger partial charge in [0.2, 0.25) is 11.8 Å². The van der Waals surface area contributed by atoms with Crippen molar-refractivity contribution in [3.05, 3.63) is 29.3 Å². The predicted molar refractivity (Wildman–Crippen MR) is 105 cm³/mol. The van der Waals surface area contributed by atoms with Gasteiger partial charge in [-0.2, -0.15) is 5.10 Å². The molecule has 8 heteroatoms. The van der Waals surface area contributed by atoms with Crippen LogP contribution in [0.15, 0.2) is 16.8 Å². The van der Waals surface area contributed by atoms with Crippen LogP contribution in [0.25, 0.3) is 0 Å². The first kappa shape index (κ1) is 20.1. The lowest BCUT2D eigenvalue weighted by atomic mass is 9.93. The molecule has 0 bridgehead atoms. The minimum Gasteiger partial charge on any atom is -0.361 e. The highest BCUT2D eigenvalue weighted by Crippen LogP contribution is 2.22. The summed E-state index contributed by atoms with van der Waals surface area (Å²) in [5, 5.41) is 11.1. The Morgan fingerprint density at radius 3 is 2.64 bits per heavy atom. The van der Waals surface area contributed by atoms with Crippen molar-refractivity contribution >= 4 is 17.6 Å². The molecule has 1 N–H and O–H groups in total. The van der Waals surface area contributed by atoms with Crippen LogP contribution in [0.5, 0.6) is 0 Å². The average Bonchev–Trinajstić information content (AvgIpc) is 3.26. The van der Waals surface area contributed by atoms with Crippen LogP contribution >= 0.6 is 0 Å². The largest absolute Gasteiger partial charge is 0.361 e. The molecule has 0 radical (unpaired) electrons. The number of nitrogens with zero attached hydrogens (tertiary/aromatic N) is 4. The lowest BCUT2D eigenvalue weighted by molar-refractivity contribution is -0.132. The van der Waals surface area contributed by atoms with Crippen molar-refractivity contribution in [2.45, 2.75) is 59.4 Å². The van der Waals surface area contributed by atoms with E-state index in [0.717, 1.165) is 36.4 Å². The Balaban J connectivity index is 1.40. The maximum atomic E-state index is 12.5. The molecule has 1 fully saturated rings. The Hall–Kier alpha value is -2.64. The van der Waals surface area contributed by atoms with Crippen LogP contribution in [0, 0.1) is 19.8 Å². The normalized spacial score (nSPS) is 15.0. The fraction of sp³-hybridized carbons (Fsp3) is 0.600. The molecule has 1 saturated heterocycles. The van der Waals surface area contributed by atoms with Crippen molar-refractivity contribution < 1.29 is 14.1 Å². The number of nitrogens with one attached hydrogen (secondary N) is 1. The Morgan fingerprint density at radius 2 is 2.04 bits per heavy atom. The molecule has 0 unspecified atom stereocenters. The fourth-order valence-corrected chi connectivity index (χ4v) is 3.70. The molecule has 2 aromatic heterocycles. The topological polar surface area (TPSA) is 93.3 Å². The summed E-state index contributed by atoms with van der Waals surface area (Å²) >= 11 is 0. The summed E-state index contributed by atoms with van der Waals surface area (Å²) in [6, 6.07) is 1.81. The highest BCUT2D eigenvalue weighted by atomic mass is 16.5. The van der Waals surface area contributed by atoms with Crippen LogP contribution in [-0.2, 0) is 22.6 Å². The molecule has 2 aromatic rings. The second-order valence-electron chi connectivity index (χ2n) is 7.44. The van der Waals surface area contributed by atoms with Crippen molar-refractivity contribution in [2.24, 2.45) is 5.92 Å². The predicted octanol–water partition coefficient (Wildman–Crippen LogP) is 2.71. The number of carbonyl (C=O) groups excluding carboxylic acids is 2. The molecule has 0 aromatic carbocycles. The first-order valence-corrected chi connectivity index (χ1v) is 9.99. The quantitative estimate of drug-likeness (QED) is 0.788. The zero-order valence-electron chi connectivity index (χ0n) is 16.9. The van der Waals surface area contributed by atoms with Crippen molar-refractivity contribution in [1.29, 1.82) is 0 Å². The van der Waals surface area contributed by atoms with Crippen LogP contribution in [0.3, 0.4) is 0 Å². The SMILES string of the molecule is CCn1ccc(NC(=O)CC2CCN(C(=O)CCc3c(C)noc3C)CC2)n1. The lowest BCUT2D eigenvalue weighted by Gasteiger charge is -2.31. The molecule has 0 saturated carbocycles. The van der Waals surface area contributed by atoms with Gasteiger partial charge in [-0.05, 0) is 46.0 Å². The Morgan fingerprint density at radius 1 is 1.29 bits per heavy atom. The molecule has 0 aliphatic carbocycles. The third-order valence-electron chi connectivity index (χ3n) is 5.44. The van der Waals surface area contributed by atoms with Crippen molar-refractivity contribution in [2.75, 3.05) is 18.4 Å². The van der Waals surface area contributed by atoms with Gasteiger partial charge in [0.1, 0.15) is 5.76 Å². The van der Waals surface area contributed by atoms with E-state index in [1.54, 1.807) is 4.68 Å². The van der Waals surface area contributed by atoms with E-state index >= 15 is 0 Å². The molecular weight excluding hydrogens is 358 g/mol. The van der Waals surface area contributed by atoms with Crippen LogP contribution in [0.2, 0.25) is 0 Å². The molecule has 1 aliphatic heterocycles. The van der Waals surface area contributed by atoms with E-state index in [-0.39, 0.29) is 11.8 Å². The van der Waals surface area contributed by atoms with Gasteiger partial charge in [-0.15, -0.1) is 0 Å². The third-order valence-corrected chi connectivity index (χ3v) is 5.44. The molecule has 8 nitrogen and oxygen atoms in total. The maximum Gasteiger partial charge on any atom is 0.225 e. The third kappa shape index (κ3) is 4.99. The molecule has 0 atom stereocenters. The number of hydrogen-bond acceptors (Lipinski definition) is 5. The summed E-state index contributed by atoms with van der Waals surface area (Å²) in [7, 11) is 0. The average molecular weight is 387 g/mol. The van der Waals surface area contributed by atoms with Gasteiger partial charge in [0.05, 0.1) is 5.69 Å². The van der Waals surface area contributed by atoms with Gasteiger partial charge in [-0.1, -0.05) is 5.16 Å². The number of aromatic nitrogens is 3. The van der Waals surface area contributed by atoms with Crippen molar-refractivity contribution in [3.63, 3.8) is 0 Å². The first-order valence-electron chi connectivity index (χ1n) is 9.99. The highest BCUT2D eigenvalue weighted by molar-refractivity contribution is 5.89. The second-order valence-corrected chi connectivity index (χ2v) is 7.44. The van der Waals surface area contributed by atoms with Gasteiger partial charge in [-0.3, -0.25) is 14.3 Å². The van der Waals surface area contributed by atoms with Gasteiger partial charge >= 0.3 is 0 Å². The van der Waals surface area contributed by atoms with Gasteiger partial charge in [0, 0.05) is 50.3 Å². The molecular formula is C20H29N5O3. The van der Waals surface area contributed by atoms with E-state index in [9.17, 15) is 9.59 Å². The summed E-state index contributed by atoms with van der Waals surface area (Å²) in [6.45, 7) is 7.98. The second kappa shape index (κ2) is 9.03. The first-order chi connectivity index (χ1) is 13.5. The summed E-state index contributed by atoms with van der Waals surface area (Å²) < 4.78 is 6.94. The summed E-state index contributed by atoms with van der Waals surface area (Å²) in [5.74, 6) is 1.84. The van der Waals surface area contributed by atoms with Crippen LogP contribution in [-0.4, -0.2) is 44.7 Å². The molecule has 28 heavy (non-hydrogen) atoms. The Bertz CT molecular complexity index is 798. The van der Waals surface area contributed by atoms with Crippen LogP contribution < -0.4 is 5.32 Å². The minimum absolute atomic E-state index is 0.00969. The molecule has 3 heterocycles. The van der Waals surface area contributed by atoms with Crippen LogP contribution in [0.4, 0.5) is 5.82 Å². The highest BCUT2D eigenvalue weighted by Gasteiger charge is 2.25. The molecule has 2 amide bonds. The van der Waals surface area contributed by atoms with Gasteiger partial charge in [0.25, 0.3) is 0 Å². The van der Waals surface area contributed by atoms with E-state index in [1.807, 2.05) is 37.9 Å². The number of amides is 2. The number of anilines is 1. The van der Waals surface area contributed by atoms with E-state index in [2.05, 4.69) is 15.6 Å². The number of rotatable bonds is 7. The van der Waals surface area contributed by atoms with Gasteiger partial charge in [0.15, 0.2) is 5.82 Å². The van der Waals surface area contributed by atoms with E-state index in [4.69, 9.17) is 4.52 Å². The maximum absolute atomic E-state index is 12.5. The Labute approximate surface area is 165 Å². The van der Waals surface area contributed by atoms with Crippen molar-refractivity contribution in [3.8, 4) is 0 Å². The van der Waals surface area contributed by atoms with Crippen molar-refractivity contribution in [1.82, 2.24) is 19.8 Å². The molecule has 152 valence electrons. The number of likely N-dealkylation sites (tertiary alicyclic amines) is 1. The number of hydrogen-bond donors (Lipinski definition) is 1. The number of carbonyl (C=O) groups is 2. The fourth-order valence-electron chi connectivity index (χ4n) is 3.70. The molecule has 0 spiro atoms. The van der Waals surface area contributed by atoms with E-state index in [1.165, 1.54) is 0 Å². The zero-order valence-corrected chi connectivity index (χ0v) is 16.9. The van der Waals surface area contributed by atoms with Crippen LogP contribution in [0.1, 0.15) is 49.6 Å². The Kier molecular flexibility index (Phi) is 6.49. The lowest BCUT2D eigenvalue weighted by Crippen LogP contribution is -2.39. The summed E-state index contributed by atoms with van der Waals surface area (Å²) in [5.41, 5.74) is 1.89. The number of aryl methyl sites for hydroxylation is 3. The summed E-state index contributed by atoms with van der Waals surface area (Å²) in [4.78, 5) is 26.6. The standard InChI is InChI=1S/C20H29N5O3/c1-4-25-12-9-18(22-25)21-19(26)13-16-7-10-24(11-8-16)20(27)6-5-17-14(2)23-28-15(17)3/h9,12,16H,4-8,10-11,13H2,1-3H3,(H,21,22,26). The summed E-state index contributed by atoms with van der Waals surface area (Å²) in [6.07, 6.45) is 5.16.